The molecule has 0 aromatic carbocycles. The van der Waals surface area contributed by atoms with Gasteiger partial charge in [-0.3, -0.25) is 4.79 Å². The molecule has 2 N–H and O–H groups in total. The van der Waals surface area contributed by atoms with E-state index in [-0.39, 0.29) is 29.4 Å². The number of carbonyl (C=O) groups is 1. The van der Waals surface area contributed by atoms with E-state index in [1.807, 2.05) is 0 Å². The van der Waals surface area contributed by atoms with E-state index in [9.17, 15) is 4.79 Å². The van der Waals surface area contributed by atoms with Crippen molar-refractivity contribution < 1.29 is 9.90 Å². The van der Waals surface area contributed by atoms with Gasteiger partial charge in [-0.25, -0.2) is 0 Å². The zero-order valence-corrected chi connectivity index (χ0v) is 10.8. The molecule has 3 nitrogen and oxygen atoms in total. The first kappa shape index (κ1) is 14.4. The van der Waals surface area contributed by atoms with Crippen molar-refractivity contribution in [3.63, 3.8) is 0 Å². The SMILES string of the molecule is CC(C)(C)CC(C(=O)NCO)C(C)(C)C. The fourth-order valence-corrected chi connectivity index (χ4v) is 1.61. The molecule has 0 saturated carbocycles. The molecular formula is C12H25NO2. The third-order valence-corrected chi connectivity index (χ3v) is 2.43. The van der Waals surface area contributed by atoms with Gasteiger partial charge in [-0.05, 0) is 17.3 Å². The van der Waals surface area contributed by atoms with Crippen LogP contribution in [0.15, 0.2) is 0 Å². The Hall–Kier alpha value is -0.570. The van der Waals surface area contributed by atoms with Crippen molar-refractivity contribution in [3.8, 4) is 0 Å². The number of aliphatic hydroxyl groups is 1. The third kappa shape index (κ3) is 5.78. The Balaban J connectivity index is 4.68. The fraction of sp³-hybridized carbons (Fsp3) is 0.917. The molecule has 0 aromatic rings. The quantitative estimate of drug-likeness (QED) is 0.709. The fourth-order valence-electron chi connectivity index (χ4n) is 1.61. The third-order valence-electron chi connectivity index (χ3n) is 2.43. The minimum atomic E-state index is -0.282. The van der Waals surface area contributed by atoms with Gasteiger partial charge in [-0.15, -0.1) is 0 Å². The molecule has 0 aliphatic rings. The standard InChI is InChI=1S/C12H25NO2/c1-11(2,3)7-9(12(4,5)6)10(15)13-8-14/h9,14H,7-8H2,1-6H3,(H,13,15). The number of rotatable bonds is 3. The summed E-state index contributed by atoms with van der Waals surface area (Å²) >= 11 is 0. The largest absolute Gasteiger partial charge is 0.377 e. The minimum absolute atomic E-state index is 0.0556. The highest BCUT2D eigenvalue weighted by Gasteiger charge is 2.34. The van der Waals surface area contributed by atoms with Crippen LogP contribution in [0.2, 0.25) is 0 Å². The van der Waals surface area contributed by atoms with Gasteiger partial charge in [0.2, 0.25) is 5.91 Å². The molecule has 0 aliphatic heterocycles. The average Bonchev–Trinajstić information content (AvgIpc) is 1.97. The van der Waals surface area contributed by atoms with Gasteiger partial charge in [0.1, 0.15) is 6.73 Å². The summed E-state index contributed by atoms with van der Waals surface area (Å²) in [4.78, 5) is 11.8. The second-order valence-corrected chi connectivity index (χ2v) is 6.38. The molecule has 15 heavy (non-hydrogen) atoms. The smallest absolute Gasteiger partial charge is 0.225 e. The van der Waals surface area contributed by atoms with Crippen LogP contribution in [0.4, 0.5) is 0 Å². The summed E-state index contributed by atoms with van der Waals surface area (Å²) in [6.07, 6.45) is 0.822. The van der Waals surface area contributed by atoms with Crippen molar-refractivity contribution in [2.24, 2.45) is 16.7 Å². The molecular weight excluding hydrogens is 190 g/mol. The van der Waals surface area contributed by atoms with E-state index in [0.29, 0.717) is 0 Å². The van der Waals surface area contributed by atoms with E-state index in [2.05, 4.69) is 46.9 Å². The molecule has 0 rings (SSSR count). The van der Waals surface area contributed by atoms with E-state index in [1.54, 1.807) is 0 Å². The van der Waals surface area contributed by atoms with Gasteiger partial charge in [0, 0.05) is 5.92 Å². The second-order valence-electron chi connectivity index (χ2n) is 6.38. The van der Waals surface area contributed by atoms with Gasteiger partial charge < -0.3 is 10.4 Å². The lowest BCUT2D eigenvalue weighted by atomic mass is 9.72. The Morgan fingerprint density at radius 1 is 1.20 bits per heavy atom. The number of nitrogens with one attached hydrogen (secondary N) is 1. The van der Waals surface area contributed by atoms with Crippen LogP contribution in [0.1, 0.15) is 48.0 Å². The molecule has 1 atom stereocenters. The maximum Gasteiger partial charge on any atom is 0.225 e. The van der Waals surface area contributed by atoms with Crippen molar-refractivity contribution >= 4 is 5.91 Å². The van der Waals surface area contributed by atoms with Crippen molar-refractivity contribution in [2.45, 2.75) is 48.0 Å². The number of hydrogen-bond donors (Lipinski definition) is 2. The summed E-state index contributed by atoms with van der Waals surface area (Å²) in [5, 5.41) is 11.2. The van der Waals surface area contributed by atoms with Crippen LogP contribution < -0.4 is 5.32 Å². The van der Waals surface area contributed by atoms with E-state index in [4.69, 9.17) is 5.11 Å². The molecule has 3 heteroatoms. The Labute approximate surface area is 93.3 Å². The first-order valence-corrected chi connectivity index (χ1v) is 5.46. The highest BCUT2D eigenvalue weighted by molar-refractivity contribution is 5.79. The summed E-state index contributed by atoms with van der Waals surface area (Å²) in [7, 11) is 0. The van der Waals surface area contributed by atoms with Crippen LogP contribution in [-0.2, 0) is 4.79 Å². The van der Waals surface area contributed by atoms with E-state index < -0.39 is 0 Å². The van der Waals surface area contributed by atoms with Crippen molar-refractivity contribution in [2.75, 3.05) is 6.73 Å². The first-order valence-electron chi connectivity index (χ1n) is 5.46. The highest BCUT2D eigenvalue weighted by atomic mass is 16.3. The molecule has 0 spiro atoms. The molecule has 0 radical (unpaired) electrons. The predicted octanol–water partition coefficient (Wildman–Crippen LogP) is 2.15. The molecule has 0 fully saturated rings. The molecule has 90 valence electrons. The summed E-state index contributed by atoms with van der Waals surface area (Å²) in [6, 6.07) is 0. The lowest BCUT2D eigenvalue weighted by Gasteiger charge is -2.34. The van der Waals surface area contributed by atoms with Crippen molar-refractivity contribution in [1.82, 2.24) is 5.32 Å². The summed E-state index contributed by atoms with van der Waals surface area (Å²) < 4.78 is 0. The van der Waals surface area contributed by atoms with Gasteiger partial charge in [-0.2, -0.15) is 0 Å². The van der Waals surface area contributed by atoms with E-state index in [1.165, 1.54) is 0 Å². The lowest BCUT2D eigenvalue weighted by molar-refractivity contribution is -0.130. The molecule has 0 heterocycles. The zero-order valence-electron chi connectivity index (χ0n) is 10.8. The first-order chi connectivity index (χ1) is 6.58. The zero-order chi connectivity index (χ0) is 12.3. The monoisotopic (exact) mass is 215 g/mol. The number of amides is 1. The summed E-state index contributed by atoms with van der Waals surface area (Å²) in [5.41, 5.74) is 0.0390. The molecule has 0 saturated heterocycles. The maximum absolute atomic E-state index is 11.8. The Morgan fingerprint density at radius 3 is 1.93 bits per heavy atom. The van der Waals surface area contributed by atoms with Crippen LogP contribution >= 0.6 is 0 Å². The van der Waals surface area contributed by atoms with Crippen LogP contribution in [0, 0.1) is 16.7 Å². The van der Waals surface area contributed by atoms with Gasteiger partial charge in [-0.1, -0.05) is 41.5 Å². The summed E-state index contributed by atoms with van der Waals surface area (Å²) in [6.45, 7) is 12.3. The maximum atomic E-state index is 11.8. The number of aliphatic hydroxyl groups excluding tert-OH is 1. The normalized spacial score (nSPS) is 14.9. The molecule has 1 unspecified atom stereocenters. The number of hydrogen-bond acceptors (Lipinski definition) is 2. The molecule has 0 aromatic heterocycles. The van der Waals surface area contributed by atoms with Crippen LogP contribution in [0.25, 0.3) is 0 Å². The second kappa shape index (κ2) is 4.97. The van der Waals surface area contributed by atoms with E-state index >= 15 is 0 Å². The Morgan fingerprint density at radius 2 is 1.67 bits per heavy atom. The van der Waals surface area contributed by atoms with Crippen LogP contribution in [0.3, 0.4) is 0 Å². The van der Waals surface area contributed by atoms with Crippen LogP contribution in [0.5, 0.6) is 0 Å². The van der Waals surface area contributed by atoms with E-state index in [0.717, 1.165) is 6.42 Å². The topological polar surface area (TPSA) is 49.3 Å². The lowest BCUT2D eigenvalue weighted by Crippen LogP contribution is -2.40. The van der Waals surface area contributed by atoms with Gasteiger partial charge in [0.05, 0.1) is 0 Å². The Kier molecular flexibility index (Phi) is 4.78. The summed E-state index contributed by atoms with van der Waals surface area (Å²) in [5.74, 6) is -0.121. The van der Waals surface area contributed by atoms with Crippen molar-refractivity contribution in [1.29, 1.82) is 0 Å². The molecule has 0 aliphatic carbocycles. The highest BCUT2D eigenvalue weighted by Crippen LogP contribution is 2.35. The molecule has 0 bridgehead atoms. The Bertz CT molecular complexity index is 211. The van der Waals surface area contributed by atoms with Gasteiger partial charge in [0.25, 0.3) is 0 Å². The average molecular weight is 215 g/mol. The van der Waals surface area contributed by atoms with Crippen molar-refractivity contribution in [3.05, 3.63) is 0 Å². The van der Waals surface area contributed by atoms with Gasteiger partial charge in [0.15, 0.2) is 0 Å². The van der Waals surface area contributed by atoms with Gasteiger partial charge >= 0.3 is 0 Å². The minimum Gasteiger partial charge on any atom is -0.377 e. The predicted molar refractivity (Wildman–Crippen MR) is 62.2 cm³/mol. The number of carbonyl (C=O) groups excluding carboxylic acids is 1. The molecule has 1 amide bonds. The van der Waals surface area contributed by atoms with Crippen LogP contribution in [-0.4, -0.2) is 17.7 Å².